The molecular weight excluding hydrogens is 542 g/mol. The van der Waals surface area contributed by atoms with Gasteiger partial charge in [-0.15, -0.1) is 8.78 Å². The molecule has 0 bridgehead atoms. The summed E-state index contributed by atoms with van der Waals surface area (Å²) in [5.74, 6) is 0.257. The highest BCUT2D eigenvalue weighted by molar-refractivity contribution is 6.20. The Kier molecular flexibility index (Phi) is 5.62. The molecule has 1 aliphatic carbocycles. The minimum Gasteiger partial charge on any atom is -0.420 e. The Labute approximate surface area is 231 Å². The molecule has 7 rings (SSSR count). The molecule has 4 heterocycles. The van der Waals surface area contributed by atoms with Crippen molar-refractivity contribution in [3.05, 3.63) is 77.5 Å². The van der Waals surface area contributed by atoms with Crippen molar-refractivity contribution < 1.29 is 23.0 Å². The smallest absolute Gasteiger partial charge is 0.420 e. The second-order valence-electron chi connectivity index (χ2n) is 9.83. The van der Waals surface area contributed by atoms with Crippen LogP contribution in [0.3, 0.4) is 0 Å². The zero-order chi connectivity index (χ0) is 27.6. The predicted octanol–water partition coefficient (Wildman–Crippen LogP) is 5.90. The summed E-state index contributed by atoms with van der Waals surface area (Å²) >= 11 is 4.83. The van der Waals surface area contributed by atoms with Gasteiger partial charge in [0.2, 0.25) is 0 Å². The number of H-pyrrole nitrogens is 1. The maximum Gasteiger partial charge on any atom is 0.487 e. The molecule has 2 N–H and O–H groups in total. The van der Waals surface area contributed by atoms with Crippen molar-refractivity contribution in [1.29, 1.82) is 0 Å². The third kappa shape index (κ3) is 4.27. The largest absolute Gasteiger partial charge is 0.487 e. The number of aromatic amines is 1. The molecule has 2 aliphatic rings. The Morgan fingerprint density at radius 1 is 1.23 bits per heavy atom. The van der Waals surface area contributed by atoms with Crippen LogP contribution < -0.4 is 10.1 Å². The number of amides is 1. The number of anilines is 1. The summed E-state index contributed by atoms with van der Waals surface area (Å²) in [6.45, 7) is 2.99. The lowest BCUT2D eigenvalue weighted by Crippen LogP contribution is -2.21. The number of ether oxygens (including phenoxy) is 2. The van der Waals surface area contributed by atoms with Gasteiger partial charge >= 0.3 is 5.57 Å². The van der Waals surface area contributed by atoms with Crippen LogP contribution in [0.15, 0.2) is 54.9 Å². The quantitative estimate of drug-likeness (QED) is 0.253. The number of benzene rings is 2. The number of aromatic nitrogens is 5. The fraction of sp³-hybridized carbons (Fsp3) is 0.214. The van der Waals surface area contributed by atoms with Crippen LogP contribution in [-0.4, -0.2) is 42.8 Å². The summed E-state index contributed by atoms with van der Waals surface area (Å²) in [6, 6.07) is 11.2. The molecule has 5 aromatic rings. The number of imidazole rings is 1. The van der Waals surface area contributed by atoms with Gasteiger partial charge in [0, 0.05) is 63.9 Å². The van der Waals surface area contributed by atoms with E-state index in [9.17, 15) is 13.6 Å². The van der Waals surface area contributed by atoms with E-state index in [1.165, 1.54) is 24.3 Å². The highest BCUT2D eigenvalue weighted by Crippen LogP contribution is 2.39. The topological polar surface area (TPSA) is 107 Å². The second-order valence-corrected chi connectivity index (χ2v) is 10.3. The van der Waals surface area contributed by atoms with Crippen LogP contribution in [0.25, 0.3) is 33.4 Å². The van der Waals surface area contributed by atoms with Gasteiger partial charge in [0.1, 0.15) is 18.2 Å². The Morgan fingerprint density at radius 2 is 2.05 bits per heavy atom. The molecule has 202 valence electrons. The Balaban J connectivity index is 1.30. The van der Waals surface area contributed by atoms with E-state index >= 15 is 0 Å². The van der Waals surface area contributed by atoms with Crippen LogP contribution in [0.5, 0.6) is 5.75 Å². The van der Waals surface area contributed by atoms with E-state index in [1.807, 2.05) is 18.5 Å². The van der Waals surface area contributed by atoms with Gasteiger partial charge in [0.05, 0.1) is 35.1 Å². The molecule has 0 unspecified atom stereocenters. The van der Waals surface area contributed by atoms with E-state index in [0.717, 1.165) is 45.0 Å². The number of hydrogen-bond acceptors (Lipinski definition) is 6. The van der Waals surface area contributed by atoms with E-state index in [4.69, 9.17) is 26.3 Å². The molecule has 0 radical (unpaired) electrons. The average molecular weight is 563 g/mol. The number of pyridine rings is 1. The zero-order valence-electron chi connectivity index (χ0n) is 21.0. The fourth-order valence-corrected chi connectivity index (χ4v) is 5.48. The van der Waals surface area contributed by atoms with E-state index < -0.39 is 11.5 Å². The van der Waals surface area contributed by atoms with Crippen LogP contribution in [0.4, 0.5) is 14.5 Å². The van der Waals surface area contributed by atoms with Gasteiger partial charge in [-0.1, -0.05) is 0 Å². The van der Waals surface area contributed by atoms with Gasteiger partial charge in [-0.25, -0.2) is 4.98 Å². The molecule has 0 saturated heterocycles. The van der Waals surface area contributed by atoms with Crippen LogP contribution >= 0.6 is 11.6 Å². The molecule has 40 heavy (non-hydrogen) atoms. The SMILES string of the molecule is C[C@@H]1COCc2nc3cc(C(=O)Nc4ccc(OC(F)(F)Cl)cc4)cc(-c4cnc5c(c4)-c4n[nH]cc4C5)c3n21. The van der Waals surface area contributed by atoms with Crippen molar-refractivity contribution in [2.75, 3.05) is 11.9 Å². The fourth-order valence-electron chi connectivity index (χ4n) is 5.40. The second kappa shape index (κ2) is 9.10. The standard InChI is InChI=1S/C28H21ClF2N6O3/c1-14-12-39-13-24-35-23-8-15(27(38)34-18-2-4-19(5-3-18)40-28(29,30)31)6-20(26(23)37(14)24)16-7-21-22(32-10-16)9-17-11-33-36-25(17)21/h2-8,10-11,14H,9,12-13H2,1H3,(H,33,36)(H,34,38)/t14-/m1/s1. The molecule has 1 amide bonds. The Bertz CT molecular complexity index is 1790. The molecule has 0 saturated carbocycles. The zero-order valence-corrected chi connectivity index (χ0v) is 21.8. The van der Waals surface area contributed by atoms with Gasteiger partial charge in [0.25, 0.3) is 5.91 Å². The number of halogens is 3. The number of nitrogens with zero attached hydrogens (tertiary/aromatic N) is 4. The molecule has 1 atom stereocenters. The van der Waals surface area contributed by atoms with Crippen LogP contribution in [-0.2, 0) is 17.8 Å². The lowest BCUT2D eigenvalue weighted by atomic mass is 9.99. The Hall–Kier alpha value is -4.35. The molecular formula is C28H21ClF2N6O3. The van der Waals surface area contributed by atoms with E-state index in [-0.39, 0.29) is 11.8 Å². The minimum atomic E-state index is -3.83. The third-order valence-electron chi connectivity index (χ3n) is 7.11. The number of rotatable bonds is 5. The first-order valence-corrected chi connectivity index (χ1v) is 12.9. The number of nitrogens with one attached hydrogen (secondary N) is 2. The van der Waals surface area contributed by atoms with Crippen LogP contribution in [0, 0.1) is 0 Å². The summed E-state index contributed by atoms with van der Waals surface area (Å²) < 4.78 is 38.1. The molecule has 0 spiro atoms. The van der Waals surface area contributed by atoms with Gasteiger partial charge in [-0.05, 0) is 49.4 Å². The first-order chi connectivity index (χ1) is 19.2. The van der Waals surface area contributed by atoms with Gasteiger partial charge in [0.15, 0.2) is 0 Å². The van der Waals surface area contributed by atoms with E-state index in [1.54, 1.807) is 6.07 Å². The molecule has 3 aromatic heterocycles. The molecule has 9 nitrogen and oxygen atoms in total. The van der Waals surface area contributed by atoms with E-state index in [2.05, 4.69) is 37.8 Å². The van der Waals surface area contributed by atoms with Crippen molar-refractivity contribution >= 4 is 34.2 Å². The van der Waals surface area contributed by atoms with Crippen molar-refractivity contribution in [2.45, 2.75) is 31.6 Å². The Morgan fingerprint density at radius 3 is 2.85 bits per heavy atom. The predicted molar refractivity (Wildman–Crippen MR) is 144 cm³/mol. The van der Waals surface area contributed by atoms with Gasteiger partial charge in [-0.3, -0.25) is 14.9 Å². The molecule has 2 aromatic carbocycles. The number of carbonyl (C=O) groups excluding carboxylic acids is 1. The normalized spacial score (nSPS) is 15.9. The summed E-state index contributed by atoms with van der Waals surface area (Å²) in [5.41, 5.74) is 4.02. The maximum atomic E-state index is 13.4. The van der Waals surface area contributed by atoms with Crippen molar-refractivity contribution in [3.63, 3.8) is 0 Å². The molecule has 12 heteroatoms. The van der Waals surface area contributed by atoms with E-state index in [0.29, 0.717) is 36.4 Å². The summed E-state index contributed by atoms with van der Waals surface area (Å²) in [5, 5.41) is 10.1. The third-order valence-corrected chi connectivity index (χ3v) is 7.19. The summed E-state index contributed by atoms with van der Waals surface area (Å²) in [4.78, 5) is 22.9. The summed E-state index contributed by atoms with van der Waals surface area (Å²) in [7, 11) is 0. The lowest BCUT2D eigenvalue weighted by Gasteiger charge is -2.23. The van der Waals surface area contributed by atoms with Gasteiger partial charge in [-0.2, -0.15) is 5.10 Å². The first kappa shape index (κ1) is 24.7. The average Bonchev–Trinajstić information content (AvgIpc) is 3.61. The molecule has 0 fully saturated rings. The van der Waals surface area contributed by atoms with Crippen LogP contribution in [0.1, 0.15) is 40.4 Å². The van der Waals surface area contributed by atoms with Crippen molar-refractivity contribution in [1.82, 2.24) is 24.7 Å². The maximum absolute atomic E-state index is 13.4. The number of carbonyl (C=O) groups is 1. The number of hydrogen-bond donors (Lipinski definition) is 2. The van der Waals surface area contributed by atoms with Crippen molar-refractivity contribution in [3.8, 4) is 28.1 Å². The van der Waals surface area contributed by atoms with Crippen molar-refractivity contribution in [2.24, 2.45) is 0 Å². The highest BCUT2D eigenvalue weighted by atomic mass is 35.5. The lowest BCUT2D eigenvalue weighted by molar-refractivity contribution is -0.0964. The highest BCUT2D eigenvalue weighted by Gasteiger charge is 2.28. The number of alkyl halides is 3. The first-order valence-electron chi connectivity index (χ1n) is 12.6. The monoisotopic (exact) mass is 562 g/mol. The van der Waals surface area contributed by atoms with Gasteiger partial charge < -0.3 is 19.4 Å². The number of fused-ring (bicyclic) bond motifs is 6. The minimum absolute atomic E-state index is 0.0496. The van der Waals surface area contributed by atoms with Crippen LogP contribution in [0.2, 0.25) is 0 Å². The summed E-state index contributed by atoms with van der Waals surface area (Å²) in [6.07, 6.45) is 4.41. The molecule has 1 aliphatic heterocycles.